The zero-order valence-corrected chi connectivity index (χ0v) is 20.5. The Morgan fingerprint density at radius 1 is 0.917 bits per heavy atom. The Labute approximate surface area is 211 Å². The third-order valence-corrected chi connectivity index (χ3v) is 5.72. The molecule has 0 aliphatic carbocycles. The van der Waals surface area contributed by atoms with Crippen molar-refractivity contribution in [2.75, 3.05) is 29.6 Å². The van der Waals surface area contributed by atoms with Gasteiger partial charge in [-0.05, 0) is 49.1 Å². The topological polar surface area (TPSA) is 165 Å². The Hall–Kier alpha value is -4.45. The number of carbonyl (C=O) groups excluding carboxylic acids is 4. The van der Waals surface area contributed by atoms with Gasteiger partial charge in [-0.3, -0.25) is 14.9 Å². The average Bonchev–Trinajstić information content (AvgIpc) is 3.27. The molecule has 6 N–H and O–H groups in total. The number of urea groups is 2. The van der Waals surface area contributed by atoms with Crippen LogP contribution in [-0.4, -0.2) is 42.0 Å². The Morgan fingerprint density at radius 2 is 1.53 bits per heavy atom. The van der Waals surface area contributed by atoms with Crippen LogP contribution < -0.4 is 27.0 Å². The van der Waals surface area contributed by atoms with Gasteiger partial charge in [-0.25, -0.2) is 9.59 Å². The second-order valence-electron chi connectivity index (χ2n) is 7.68. The van der Waals surface area contributed by atoms with Gasteiger partial charge in [-0.1, -0.05) is 29.8 Å². The van der Waals surface area contributed by atoms with Crippen molar-refractivity contribution < 1.29 is 23.9 Å². The lowest BCUT2D eigenvalue weighted by molar-refractivity contribution is -0.140. The summed E-state index contributed by atoms with van der Waals surface area (Å²) in [6, 6.07) is 13.1. The first-order valence-corrected chi connectivity index (χ1v) is 11.7. The van der Waals surface area contributed by atoms with Gasteiger partial charge in [0, 0.05) is 29.9 Å². The summed E-state index contributed by atoms with van der Waals surface area (Å²) in [7, 11) is 1.29. The standard InChI is InChI=1S/C24H26N6O5S/c1-14-5-9-16(10-6-14)27-24(34)28-17-11-7-15(8-12-17)20-19(21(25)32)22(36-30-20)29-23(33)26-13-3-4-18(31)35-2/h5-12H,3-4,13H2,1-2H3,(H2,25,32)(H2,26,29,33)(H2,27,28,34). The largest absolute Gasteiger partial charge is 0.469 e. The maximum absolute atomic E-state index is 12.3. The van der Waals surface area contributed by atoms with E-state index in [4.69, 9.17) is 5.73 Å². The van der Waals surface area contributed by atoms with E-state index >= 15 is 0 Å². The molecule has 0 aliphatic rings. The molecule has 12 heteroatoms. The van der Waals surface area contributed by atoms with Gasteiger partial charge in [-0.2, -0.15) is 4.37 Å². The van der Waals surface area contributed by atoms with E-state index in [0.29, 0.717) is 29.1 Å². The highest BCUT2D eigenvalue weighted by Gasteiger charge is 2.21. The van der Waals surface area contributed by atoms with Crippen molar-refractivity contribution in [3.63, 3.8) is 0 Å². The third-order valence-electron chi connectivity index (χ3n) is 4.96. The predicted octanol–water partition coefficient (Wildman–Crippen LogP) is 3.94. The molecule has 0 unspecified atom stereocenters. The van der Waals surface area contributed by atoms with E-state index in [9.17, 15) is 19.2 Å². The Kier molecular flexibility index (Phi) is 8.95. The molecule has 0 spiro atoms. The molecule has 1 aromatic heterocycles. The van der Waals surface area contributed by atoms with Gasteiger partial charge in [-0.15, -0.1) is 0 Å². The lowest BCUT2D eigenvalue weighted by Gasteiger charge is -2.09. The van der Waals surface area contributed by atoms with Crippen molar-refractivity contribution in [2.24, 2.45) is 5.73 Å². The second kappa shape index (κ2) is 12.3. The molecule has 0 fully saturated rings. The second-order valence-corrected chi connectivity index (χ2v) is 8.46. The minimum atomic E-state index is -0.751. The summed E-state index contributed by atoms with van der Waals surface area (Å²) < 4.78 is 8.83. The number of hydrogen-bond donors (Lipinski definition) is 5. The minimum absolute atomic E-state index is 0.0718. The first-order chi connectivity index (χ1) is 17.3. The number of benzene rings is 2. The van der Waals surface area contributed by atoms with E-state index in [0.717, 1.165) is 17.1 Å². The highest BCUT2D eigenvalue weighted by Crippen LogP contribution is 2.32. The van der Waals surface area contributed by atoms with Crippen LogP contribution in [0.3, 0.4) is 0 Å². The third kappa shape index (κ3) is 7.27. The molecule has 2 aromatic carbocycles. The van der Waals surface area contributed by atoms with Gasteiger partial charge < -0.3 is 26.4 Å². The van der Waals surface area contributed by atoms with Gasteiger partial charge >= 0.3 is 18.0 Å². The predicted molar refractivity (Wildman–Crippen MR) is 138 cm³/mol. The summed E-state index contributed by atoms with van der Waals surface area (Å²) in [5.74, 6) is -1.12. The van der Waals surface area contributed by atoms with Crippen LogP contribution in [0.15, 0.2) is 48.5 Å². The van der Waals surface area contributed by atoms with Gasteiger partial charge in [0.2, 0.25) is 0 Å². The molecular formula is C24H26N6O5S. The maximum atomic E-state index is 12.3. The number of amides is 5. The number of nitrogens with one attached hydrogen (secondary N) is 4. The number of primary amides is 1. The fraction of sp³-hybridized carbons (Fsp3) is 0.208. The zero-order chi connectivity index (χ0) is 26.1. The van der Waals surface area contributed by atoms with Crippen molar-refractivity contribution >= 4 is 51.8 Å². The molecule has 0 saturated carbocycles. The Balaban J connectivity index is 1.62. The number of carbonyl (C=O) groups is 4. The number of hydrogen-bond acceptors (Lipinski definition) is 7. The van der Waals surface area contributed by atoms with Crippen LogP contribution in [0.25, 0.3) is 11.3 Å². The quantitative estimate of drug-likeness (QED) is 0.216. The fourth-order valence-corrected chi connectivity index (χ4v) is 3.93. The van der Waals surface area contributed by atoms with Crippen molar-refractivity contribution in [2.45, 2.75) is 19.8 Å². The van der Waals surface area contributed by atoms with Crippen LogP contribution in [0.1, 0.15) is 28.8 Å². The Bertz CT molecular complexity index is 1240. The van der Waals surface area contributed by atoms with Crippen molar-refractivity contribution in [3.05, 3.63) is 59.7 Å². The summed E-state index contributed by atoms with van der Waals surface area (Å²) >= 11 is 0.916. The first kappa shape index (κ1) is 26.2. The minimum Gasteiger partial charge on any atom is -0.469 e. The summed E-state index contributed by atoms with van der Waals surface area (Å²) in [5.41, 5.74) is 8.80. The van der Waals surface area contributed by atoms with E-state index in [2.05, 4.69) is 30.4 Å². The summed E-state index contributed by atoms with van der Waals surface area (Å²) in [6.07, 6.45) is 0.576. The highest BCUT2D eigenvalue weighted by atomic mass is 32.1. The van der Waals surface area contributed by atoms with Gasteiger partial charge in [0.05, 0.1) is 12.8 Å². The van der Waals surface area contributed by atoms with E-state index in [1.807, 2.05) is 19.1 Å². The molecule has 0 radical (unpaired) electrons. The number of nitrogens with two attached hydrogens (primary N) is 1. The van der Waals surface area contributed by atoms with Gasteiger partial charge in [0.15, 0.2) is 0 Å². The number of aryl methyl sites for hydroxylation is 1. The molecule has 0 saturated heterocycles. The normalized spacial score (nSPS) is 10.3. The number of methoxy groups -OCH3 is 1. The van der Waals surface area contributed by atoms with Crippen LogP contribution in [0.2, 0.25) is 0 Å². The van der Waals surface area contributed by atoms with Crippen LogP contribution >= 0.6 is 11.5 Å². The Morgan fingerprint density at radius 3 is 2.11 bits per heavy atom. The highest BCUT2D eigenvalue weighted by molar-refractivity contribution is 7.11. The molecule has 0 bridgehead atoms. The maximum Gasteiger partial charge on any atom is 0.323 e. The van der Waals surface area contributed by atoms with Crippen LogP contribution in [0.4, 0.5) is 26.0 Å². The fourth-order valence-electron chi connectivity index (χ4n) is 3.13. The van der Waals surface area contributed by atoms with Crippen LogP contribution in [0, 0.1) is 6.92 Å². The molecule has 1 heterocycles. The number of ether oxygens (including phenoxy) is 1. The average molecular weight is 511 g/mol. The molecule has 0 atom stereocenters. The van der Waals surface area contributed by atoms with Crippen LogP contribution in [0.5, 0.6) is 0 Å². The molecule has 3 aromatic rings. The molecule has 5 amide bonds. The van der Waals surface area contributed by atoms with Gasteiger partial charge in [0.1, 0.15) is 10.6 Å². The van der Waals surface area contributed by atoms with Crippen molar-refractivity contribution in [3.8, 4) is 11.3 Å². The van der Waals surface area contributed by atoms with Gasteiger partial charge in [0.25, 0.3) is 5.91 Å². The van der Waals surface area contributed by atoms with E-state index < -0.39 is 18.0 Å². The molecule has 188 valence electrons. The number of nitrogens with zero attached hydrogens (tertiary/aromatic N) is 1. The van der Waals surface area contributed by atoms with Crippen molar-refractivity contribution in [1.29, 1.82) is 0 Å². The van der Waals surface area contributed by atoms with Crippen LogP contribution in [-0.2, 0) is 9.53 Å². The van der Waals surface area contributed by atoms with E-state index in [1.54, 1.807) is 36.4 Å². The number of esters is 1. The molecule has 36 heavy (non-hydrogen) atoms. The van der Waals surface area contributed by atoms with E-state index in [1.165, 1.54) is 7.11 Å². The van der Waals surface area contributed by atoms with E-state index in [-0.39, 0.29) is 29.5 Å². The van der Waals surface area contributed by atoms with Crippen molar-refractivity contribution in [1.82, 2.24) is 9.69 Å². The first-order valence-electron chi connectivity index (χ1n) is 10.9. The molecule has 3 rings (SSSR count). The monoisotopic (exact) mass is 510 g/mol. The molecule has 11 nitrogen and oxygen atoms in total. The summed E-state index contributed by atoms with van der Waals surface area (Å²) in [4.78, 5) is 47.7. The molecule has 0 aliphatic heterocycles. The lowest BCUT2D eigenvalue weighted by Crippen LogP contribution is -2.30. The lowest BCUT2D eigenvalue weighted by atomic mass is 10.1. The molecular weight excluding hydrogens is 484 g/mol. The summed E-state index contributed by atoms with van der Waals surface area (Å²) in [6.45, 7) is 2.20. The number of anilines is 3. The number of aromatic nitrogens is 1. The number of rotatable bonds is 9. The zero-order valence-electron chi connectivity index (χ0n) is 19.7. The smallest absolute Gasteiger partial charge is 0.323 e. The summed E-state index contributed by atoms with van der Waals surface area (Å²) in [5, 5.41) is 10.8. The SMILES string of the molecule is COC(=O)CCCNC(=O)Nc1snc(-c2ccc(NC(=O)Nc3ccc(C)cc3)cc2)c1C(N)=O.